The average Bonchev–Trinajstić information content (AvgIpc) is 2.67. The molecule has 222 valence electrons. The summed E-state index contributed by atoms with van der Waals surface area (Å²) in [4.78, 5) is 18.8. The molecule has 0 aromatic carbocycles. The van der Waals surface area contributed by atoms with Gasteiger partial charge in [0.15, 0.2) is 0 Å². The van der Waals surface area contributed by atoms with Crippen LogP contribution in [0.3, 0.4) is 0 Å². The SMILES string of the molecule is CC1(CC(F)(F)C(F)(F)C(F)(F)C(F)F)C(CC(F)(F)C(F)(F)C(F)(F)C(F)F)CCCN1P(=O)(O)O. The molecular weight excluding hydrogens is 589 g/mol. The largest absolute Gasteiger partial charge is 0.403 e. The van der Waals surface area contributed by atoms with Crippen LogP contribution in [0.1, 0.15) is 32.6 Å². The maximum absolute atomic E-state index is 14.4. The Hall–Kier alpha value is -1.01. The van der Waals surface area contributed by atoms with E-state index in [-0.39, 0.29) is 6.92 Å². The van der Waals surface area contributed by atoms with Crippen LogP contribution in [0.4, 0.5) is 70.2 Å². The van der Waals surface area contributed by atoms with Crippen molar-refractivity contribution in [2.75, 3.05) is 6.54 Å². The average molecular weight is 607 g/mol. The monoisotopic (exact) mass is 607 g/mol. The Labute approximate surface area is 197 Å². The van der Waals surface area contributed by atoms with E-state index in [2.05, 4.69) is 0 Å². The quantitative estimate of drug-likeness (QED) is 0.204. The molecule has 1 aliphatic rings. The minimum absolute atomic E-state index is 0.0138. The van der Waals surface area contributed by atoms with Gasteiger partial charge in [-0.1, -0.05) is 0 Å². The van der Waals surface area contributed by atoms with Gasteiger partial charge in [0.25, 0.3) is 0 Å². The summed E-state index contributed by atoms with van der Waals surface area (Å²) in [7, 11) is -6.03. The third-order valence-electron chi connectivity index (χ3n) is 6.09. The third-order valence-corrected chi connectivity index (χ3v) is 7.38. The molecular formula is C16H18F16NO3P. The van der Waals surface area contributed by atoms with E-state index >= 15 is 0 Å². The van der Waals surface area contributed by atoms with Gasteiger partial charge in [-0.3, -0.25) is 0 Å². The van der Waals surface area contributed by atoms with E-state index in [1.165, 1.54) is 0 Å². The summed E-state index contributed by atoms with van der Waals surface area (Å²) in [6, 6.07) is 0. The van der Waals surface area contributed by atoms with Crippen molar-refractivity contribution >= 4 is 7.75 Å². The molecule has 1 saturated heterocycles. The third kappa shape index (κ3) is 5.66. The molecule has 0 aromatic rings. The van der Waals surface area contributed by atoms with Crippen LogP contribution in [-0.4, -0.2) is 74.9 Å². The summed E-state index contributed by atoms with van der Waals surface area (Å²) in [5.41, 5.74) is -3.65. The Morgan fingerprint density at radius 1 is 0.811 bits per heavy atom. The number of nitrogens with zero attached hydrogens (tertiary/aromatic N) is 1. The molecule has 0 radical (unpaired) electrons. The molecule has 2 N–H and O–H groups in total. The molecule has 4 nitrogen and oxygen atoms in total. The van der Waals surface area contributed by atoms with Gasteiger partial charge in [-0.15, -0.1) is 0 Å². The van der Waals surface area contributed by atoms with Gasteiger partial charge in [0.2, 0.25) is 0 Å². The van der Waals surface area contributed by atoms with Crippen molar-refractivity contribution in [1.29, 1.82) is 0 Å². The fourth-order valence-electron chi connectivity index (χ4n) is 4.01. The van der Waals surface area contributed by atoms with Crippen LogP contribution < -0.4 is 0 Å². The molecule has 2 unspecified atom stereocenters. The molecule has 0 spiro atoms. The standard InChI is InChI=1S/C16H18F16NO3P/c1-10(6-12(23,24)16(31,32)14(27,28)9(19)20)7(3-2-4-33(10)37(34,35)36)5-11(21,22)15(29,30)13(25,26)8(17)18/h7-9H,2-6H2,1H3,(H2,34,35,36). The van der Waals surface area contributed by atoms with Crippen LogP contribution in [0, 0.1) is 5.92 Å². The smallest absolute Gasteiger partial charge is 0.312 e. The second-order valence-corrected chi connectivity index (χ2v) is 10.1. The summed E-state index contributed by atoms with van der Waals surface area (Å²) >= 11 is 0. The summed E-state index contributed by atoms with van der Waals surface area (Å²) in [5.74, 6) is -43.0. The molecule has 1 fully saturated rings. The van der Waals surface area contributed by atoms with E-state index in [0.29, 0.717) is 0 Å². The van der Waals surface area contributed by atoms with Gasteiger partial charge < -0.3 is 9.79 Å². The zero-order valence-electron chi connectivity index (χ0n) is 18.0. The number of hydrogen-bond acceptors (Lipinski definition) is 1. The first-order valence-electron chi connectivity index (χ1n) is 9.71. The lowest BCUT2D eigenvalue weighted by molar-refractivity contribution is -0.349. The first kappa shape index (κ1) is 34.0. The van der Waals surface area contributed by atoms with Gasteiger partial charge in [0, 0.05) is 24.9 Å². The molecule has 1 rings (SSSR count). The normalized spacial score (nSPS) is 24.3. The van der Waals surface area contributed by atoms with Gasteiger partial charge in [-0.05, 0) is 25.7 Å². The minimum Gasteiger partial charge on any atom is -0.312 e. The number of halogens is 16. The second kappa shape index (κ2) is 9.87. The van der Waals surface area contributed by atoms with Crippen LogP contribution >= 0.6 is 7.75 Å². The van der Waals surface area contributed by atoms with Gasteiger partial charge >= 0.3 is 56.1 Å². The fraction of sp³-hybridized carbons (Fsp3) is 1.00. The van der Waals surface area contributed by atoms with Crippen molar-refractivity contribution in [1.82, 2.24) is 4.67 Å². The van der Waals surface area contributed by atoms with Crippen molar-refractivity contribution in [2.24, 2.45) is 5.92 Å². The Morgan fingerprint density at radius 2 is 1.19 bits per heavy atom. The Kier molecular flexibility index (Phi) is 9.08. The predicted octanol–water partition coefficient (Wildman–Crippen LogP) is 6.67. The van der Waals surface area contributed by atoms with Crippen LogP contribution in [0.5, 0.6) is 0 Å². The Bertz CT molecular complexity index is 863. The molecule has 0 aromatic heterocycles. The van der Waals surface area contributed by atoms with E-state index < -0.39 is 104 Å². The molecule has 1 heterocycles. The van der Waals surface area contributed by atoms with E-state index in [1.54, 1.807) is 0 Å². The Balaban J connectivity index is 3.67. The second-order valence-electron chi connectivity index (χ2n) is 8.62. The maximum atomic E-state index is 14.4. The molecule has 0 amide bonds. The fourth-order valence-corrected chi connectivity index (χ4v) is 5.24. The predicted molar refractivity (Wildman–Crippen MR) is 90.8 cm³/mol. The van der Waals surface area contributed by atoms with Gasteiger partial charge in [-0.2, -0.15) is 52.7 Å². The summed E-state index contributed by atoms with van der Waals surface area (Å²) < 4.78 is 226. The lowest BCUT2D eigenvalue weighted by atomic mass is 9.71. The van der Waals surface area contributed by atoms with E-state index in [0.717, 1.165) is 0 Å². The van der Waals surface area contributed by atoms with Crippen LogP contribution in [0.15, 0.2) is 0 Å². The van der Waals surface area contributed by atoms with Crippen LogP contribution in [-0.2, 0) is 4.57 Å². The highest BCUT2D eigenvalue weighted by Gasteiger charge is 2.78. The molecule has 37 heavy (non-hydrogen) atoms. The van der Waals surface area contributed by atoms with Crippen molar-refractivity contribution < 1.29 is 84.6 Å². The number of rotatable bonds is 11. The van der Waals surface area contributed by atoms with Gasteiger partial charge in [0.1, 0.15) is 0 Å². The minimum atomic E-state index is -7.02. The van der Waals surface area contributed by atoms with Crippen molar-refractivity contribution in [3.05, 3.63) is 0 Å². The Morgan fingerprint density at radius 3 is 1.54 bits per heavy atom. The zero-order chi connectivity index (χ0) is 29.8. The van der Waals surface area contributed by atoms with Gasteiger partial charge in [-0.25, -0.2) is 26.8 Å². The van der Waals surface area contributed by atoms with Crippen molar-refractivity contribution in [3.8, 4) is 0 Å². The lowest BCUT2D eigenvalue weighted by Gasteiger charge is -2.52. The highest BCUT2D eigenvalue weighted by atomic mass is 31.2. The molecule has 2 atom stereocenters. The zero-order valence-corrected chi connectivity index (χ0v) is 18.9. The maximum Gasteiger partial charge on any atom is 0.403 e. The lowest BCUT2D eigenvalue weighted by Crippen LogP contribution is -2.65. The molecule has 0 bridgehead atoms. The van der Waals surface area contributed by atoms with Crippen molar-refractivity contribution in [3.63, 3.8) is 0 Å². The van der Waals surface area contributed by atoms with Crippen LogP contribution in [0.2, 0.25) is 0 Å². The first-order valence-corrected chi connectivity index (χ1v) is 11.3. The number of alkyl halides is 16. The summed E-state index contributed by atoms with van der Waals surface area (Å²) in [5, 5.41) is 0. The highest BCUT2D eigenvalue weighted by molar-refractivity contribution is 7.49. The topological polar surface area (TPSA) is 60.8 Å². The molecule has 21 heteroatoms. The van der Waals surface area contributed by atoms with E-state index in [1.807, 2.05) is 0 Å². The van der Waals surface area contributed by atoms with E-state index in [9.17, 15) is 84.6 Å². The summed E-state index contributed by atoms with van der Waals surface area (Å²) in [6.45, 7) is -1.14. The first-order chi connectivity index (χ1) is 16.0. The summed E-state index contributed by atoms with van der Waals surface area (Å²) in [6.07, 6.45) is -18.7. The number of hydrogen-bond donors (Lipinski definition) is 2. The molecule has 0 aliphatic carbocycles. The highest BCUT2D eigenvalue weighted by Crippen LogP contribution is 2.60. The van der Waals surface area contributed by atoms with Gasteiger partial charge in [0.05, 0.1) is 0 Å². The van der Waals surface area contributed by atoms with Crippen LogP contribution in [0.25, 0.3) is 0 Å². The van der Waals surface area contributed by atoms with E-state index in [4.69, 9.17) is 0 Å². The molecule has 0 saturated carbocycles. The van der Waals surface area contributed by atoms with Crippen molar-refractivity contribution in [2.45, 2.75) is 86.5 Å². The molecule has 1 aliphatic heterocycles. The number of piperidine rings is 1.